The molecule has 0 saturated carbocycles. The summed E-state index contributed by atoms with van der Waals surface area (Å²) in [6.45, 7) is 3.51. The molecule has 0 atom stereocenters. The van der Waals surface area contributed by atoms with E-state index in [-0.39, 0.29) is 16.9 Å². The van der Waals surface area contributed by atoms with Crippen LogP contribution in [-0.4, -0.2) is 12.5 Å². The Morgan fingerprint density at radius 2 is 1.69 bits per heavy atom. The Balaban J connectivity index is 2.90. The molecular formula is C10H10ClF3O2. The molecule has 0 aliphatic carbocycles. The highest BCUT2D eigenvalue weighted by Crippen LogP contribution is 2.30. The van der Waals surface area contributed by atoms with Gasteiger partial charge >= 0.3 is 6.36 Å². The molecule has 90 valence electrons. The zero-order valence-electron chi connectivity index (χ0n) is 8.64. The summed E-state index contributed by atoms with van der Waals surface area (Å²) in [4.78, 5) is 0. The molecule has 0 fully saturated rings. The highest BCUT2D eigenvalue weighted by Gasteiger charge is 2.31. The molecule has 1 rings (SSSR count). The smallest absolute Gasteiger partial charge is 0.491 e. The zero-order valence-corrected chi connectivity index (χ0v) is 9.39. The van der Waals surface area contributed by atoms with Gasteiger partial charge in [0.25, 0.3) is 0 Å². The Hall–Kier alpha value is -1.10. The zero-order chi connectivity index (χ0) is 12.3. The van der Waals surface area contributed by atoms with Gasteiger partial charge in [-0.15, -0.1) is 13.2 Å². The minimum atomic E-state index is -4.74. The summed E-state index contributed by atoms with van der Waals surface area (Å²) >= 11 is 5.63. The second-order valence-corrected chi connectivity index (χ2v) is 3.77. The van der Waals surface area contributed by atoms with Gasteiger partial charge in [-0.3, -0.25) is 0 Å². The van der Waals surface area contributed by atoms with Gasteiger partial charge in [0, 0.05) is 11.1 Å². The lowest BCUT2D eigenvalue weighted by molar-refractivity contribution is -0.274. The fraction of sp³-hybridized carbons (Fsp3) is 0.400. The van der Waals surface area contributed by atoms with Gasteiger partial charge in [0.05, 0.1) is 6.10 Å². The lowest BCUT2D eigenvalue weighted by Gasteiger charge is -2.13. The highest BCUT2D eigenvalue weighted by molar-refractivity contribution is 6.30. The number of alkyl halides is 3. The van der Waals surface area contributed by atoms with Gasteiger partial charge < -0.3 is 9.47 Å². The van der Waals surface area contributed by atoms with Gasteiger partial charge in [-0.2, -0.15) is 0 Å². The van der Waals surface area contributed by atoms with Crippen molar-refractivity contribution in [3.8, 4) is 11.5 Å². The molecule has 0 aliphatic rings. The average molecular weight is 255 g/mol. The summed E-state index contributed by atoms with van der Waals surface area (Å²) in [5.41, 5.74) is 0. The van der Waals surface area contributed by atoms with Crippen LogP contribution in [0.1, 0.15) is 13.8 Å². The number of benzene rings is 1. The van der Waals surface area contributed by atoms with Crippen molar-refractivity contribution in [3.63, 3.8) is 0 Å². The van der Waals surface area contributed by atoms with Crippen LogP contribution in [0.15, 0.2) is 18.2 Å². The minimum Gasteiger partial charge on any atom is -0.491 e. The summed E-state index contributed by atoms with van der Waals surface area (Å²) in [5.74, 6) is -0.155. The maximum absolute atomic E-state index is 12.0. The largest absolute Gasteiger partial charge is 0.573 e. The van der Waals surface area contributed by atoms with E-state index in [1.54, 1.807) is 13.8 Å². The van der Waals surface area contributed by atoms with Gasteiger partial charge in [0.15, 0.2) is 0 Å². The van der Waals surface area contributed by atoms with Gasteiger partial charge in [-0.1, -0.05) is 11.6 Å². The van der Waals surface area contributed by atoms with Crippen LogP contribution in [0.4, 0.5) is 13.2 Å². The molecule has 0 amide bonds. The highest BCUT2D eigenvalue weighted by atomic mass is 35.5. The van der Waals surface area contributed by atoms with Crippen molar-refractivity contribution in [1.82, 2.24) is 0 Å². The maximum atomic E-state index is 12.0. The molecule has 0 bridgehead atoms. The van der Waals surface area contributed by atoms with Crippen molar-refractivity contribution in [1.29, 1.82) is 0 Å². The van der Waals surface area contributed by atoms with E-state index >= 15 is 0 Å². The molecule has 6 heteroatoms. The molecule has 16 heavy (non-hydrogen) atoms. The van der Waals surface area contributed by atoms with Gasteiger partial charge in [0.2, 0.25) is 0 Å². The second kappa shape index (κ2) is 4.82. The monoisotopic (exact) mass is 254 g/mol. The van der Waals surface area contributed by atoms with E-state index in [1.807, 2.05) is 0 Å². The minimum absolute atomic E-state index is 0.123. The van der Waals surface area contributed by atoms with Gasteiger partial charge in [0.1, 0.15) is 11.5 Å². The molecule has 1 aromatic carbocycles. The third-order valence-electron chi connectivity index (χ3n) is 1.45. The fourth-order valence-electron chi connectivity index (χ4n) is 1.07. The number of rotatable bonds is 3. The first-order valence-corrected chi connectivity index (χ1v) is 4.87. The van der Waals surface area contributed by atoms with Crippen molar-refractivity contribution in [2.45, 2.75) is 26.3 Å². The molecule has 2 nitrogen and oxygen atoms in total. The molecule has 0 unspecified atom stereocenters. The molecule has 0 saturated heterocycles. The normalized spacial score (nSPS) is 11.7. The molecule has 0 radical (unpaired) electrons. The van der Waals surface area contributed by atoms with Gasteiger partial charge in [-0.25, -0.2) is 0 Å². The Morgan fingerprint density at radius 1 is 1.12 bits per heavy atom. The molecular weight excluding hydrogens is 245 g/mol. The van der Waals surface area contributed by atoms with Crippen molar-refractivity contribution in [3.05, 3.63) is 23.2 Å². The van der Waals surface area contributed by atoms with Crippen LogP contribution in [0.5, 0.6) is 11.5 Å². The summed E-state index contributed by atoms with van der Waals surface area (Å²) in [6, 6.07) is 3.63. The molecule has 0 aliphatic heterocycles. The predicted molar refractivity (Wildman–Crippen MR) is 53.9 cm³/mol. The Morgan fingerprint density at radius 3 is 2.19 bits per heavy atom. The third kappa shape index (κ3) is 4.61. The van der Waals surface area contributed by atoms with Crippen LogP contribution < -0.4 is 9.47 Å². The Bertz CT molecular complexity index is 364. The first-order valence-electron chi connectivity index (χ1n) is 4.49. The van der Waals surface area contributed by atoms with E-state index in [4.69, 9.17) is 16.3 Å². The standard InChI is InChI=1S/C10H10ClF3O2/c1-6(2)15-8-3-7(11)4-9(5-8)16-10(12,13)14/h3-6H,1-2H3. The van der Waals surface area contributed by atoms with Crippen LogP contribution >= 0.6 is 11.6 Å². The Kier molecular flexibility index (Phi) is 3.91. The third-order valence-corrected chi connectivity index (χ3v) is 1.67. The number of hydrogen-bond acceptors (Lipinski definition) is 2. The lowest BCUT2D eigenvalue weighted by atomic mass is 10.3. The predicted octanol–water partition coefficient (Wildman–Crippen LogP) is 4.03. The number of hydrogen-bond donors (Lipinski definition) is 0. The quantitative estimate of drug-likeness (QED) is 0.811. The maximum Gasteiger partial charge on any atom is 0.573 e. The van der Waals surface area contributed by atoms with Crippen LogP contribution in [-0.2, 0) is 0 Å². The van der Waals surface area contributed by atoms with Crippen LogP contribution in [0, 0.1) is 0 Å². The van der Waals surface area contributed by atoms with Crippen molar-refractivity contribution < 1.29 is 22.6 Å². The summed E-state index contributed by atoms with van der Waals surface area (Å²) in [7, 11) is 0. The van der Waals surface area contributed by atoms with Crippen molar-refractivity contribution in [2.24, 2.45) is 0 Å². The van der Waals surface area contributed by atoms with E-state index in [0.29, 0.717) is 0 Å². The Labute approximate surface area is 95.9 Å². The van der Waals surface area contributed by atoms with E-state index in [2.05, 4.69) is 4.74 Å². The number of ether oxygens (including phenoxy) is 2. The van der Waals surface area contributed by atoms with Gasteiger partial charge in [-0.05, 0) is 26.0 Å². The van der Waals surface area contributed by atoms with Crippen molar-refractivity contribution >= 4 is 11.6 Å². The molecule has 0 aromatic heterocycles. The van der Waals surface area contributed by atoms with E-state index in [1.165, 1.54) is 6.07 Å². The van der Waals surface area contributed by atoms with Crippen molar-refractivity contribution in [2.75, 3.05) is 0 Å². The summed E-state index contributed by atoms with van der Waals surface area (Å²) in [6.07, 6.45) is -4.89. The lowest BCUT2D eigenvalue weighted by Crippen LogP contribution is -2.17. The first kappa shape index (κ1) is 13.0. The van der Waals surface area contributed by atoms with Crippen LogP contribution in [0.3, 0.4) is 0 Å². The topological polar surface area (TPSA) is 18.5 Å². The van der Waals surface area contributed by atoms with E-state index in [9.17, 15) is 13.2 Å². The summed E-state index contributed by atoms with van der Waals surface area (Å²) < 4.78 is 44.8. The van der Waals surface area contributed by atoms with E-state index < -0.39 is 12.1 Å². The average Bonchev–Trinajstić information content (AvgIpc) is 1.96. The number of halogens is 4. The molecule has 0 spiro atoms. The fourth-order valence-corrected chi connectivity index (χ4v) is 1.28. The molecule has 0 N–H and O–H groups in total. The second-order valence-electron chi connectivity index (χ2n) is 3.34. The van der Waals surface area contributed by atoms with E-state index in [0.717, 1.165) is 12.1 Å². The molecule has 1 aromatic rings. The van der Waals surface area contributed by atoms with Crippen LogP contribution in [0.2, 0.25) is 5.02 Å². The SMILES string of the molecule is CC(C)Oc1cc(Cl)cc(OC(F)(F)F)c1. The van der Waals surface area contributed by atoms with Crippen LogP contribution in [0.25, 0.3) is 0 Å². The summed E-state index contributed by atoms with van der Waals surface area (Å²) in [5, 5.41) is 0.123. The first-order chi connectivity index (χ1) is 7.26. The molecule has 0 heterocycles.